The van der Waals surface area contributed by atoms with E-state index in [2.05, 4.69) is 4.98 Å². The van der Waals surface area contributed by atoms with Gasteiger partial charge in [0.05, 0.1) is 18.9 Å². The maximum Gasteiger partial charge on any atom is 0.350 e. The first-order valence-electron chi connectivity index (χ1n) is 7.34. The molecule has 2 aromatic heterocycles. The normalized spacial score (nSPS) is 11.2. The average Bonchev–Trinajstić information content (AvgIpc) is 3.06. The Morgan fingerprint density at radius 2 is 2.04 bits per heavy atom. The van der Waals surface area contributed by atoms with Crippen LogP contribution in [0.25, 0.3) is 16.2 Å². The van der Waals surface area contributed by atoms with Gasteiger partial charge in [-0.1, -0.05) is 23.5 Å². The topological polar surface area (TPSA) is 52.8 Å². The highest BCUT2D eigenvalue weighted by atomic mass is 32.1. The molecule has 0 aliphatic heterocycles. The number of hydrogen-bond acceptors (Lipinski definition) is 5. The highest BCUT2D eigenvalue weighted by Gasteiger charge is 2.20. The summed E-state index contributed by atoms with van der Waals surface area (Å²) in [5.74, 6) is 0.474. The number of para-hydroxylation sites is 1. The van der Waals surface area contributed by atoms with Crippen LogP contribution in [0.2, 0.25) is 0 Å². The fraction of sp³-hybridized carbons (Fsp3) is 0.294. The van der Waals surface area contributed by atoms with Gasteiger partial charge < -0.3 is 9.47 Å². The number of methoxy groups -OCH3 is 1. The van der Waals surface area contributed by atoms with Gasteiger partial charge in [0.2, 0.25) is 0 Å². The molecule has 0 radical (unpaired) electrons. The Kier molecular flexibility index (Phi) is 4.09. The van der Waals surface area contributed by atoms with E-state index in [1.54, 1.807) is 7.11 Å². The standard InChI is InChI=1S/C17H18N2O3S/c1-10(2)22-16(20)15-11(3)19-9-13(18-17(19)23-15)12-7-5-6-8-14(12)21-4/h5-10H,1-4H3. The van der Waals surface area contributed by atoms with Crippen LogP contribution < -0.4 is 4.74 Å². The van der Waals surface area contributed by atoms with Crippen molar-refractivity contribution in [2.24, 2.45) is 0 Å². The number of carbonyl (C=O) groups excluding carboxylic acids is 1. The number of imidazole rings is 1. The predicted octanol–water partition coefficient (Wildman–Crippen LogP) is 3.95. The van der Waals surface area contributed by atoms with Crippen LogP contribution in [0.1, 0.15) is 29.2 Å². The molecule has 120 valence electrons. The van der Waals surface area contributed by atoms with Gasteiger partial charge in [-0.25, -0.2) is 9.78 Å². The quantitative estimate of drug-likeness (QED) is 0.680. The lowest BCUT2D eigenvalue weighted by Crippen LogP contribution is -2.11. The molecule has 23 heavy (non-hydrogen) atoms. The molecule has 5 nitrogen and oxygen atoms in total. The summed E-state index contributed by atoms with van der Waals surface area (Å²) in [4.78, 5) is 18.1. The summed E-state index contributed by atoms with van der Waals surface area (Å²) in [6.45, 7) is 5.57. The second-order valence-electron chi connectivity index (χ2n) is 5.45. The number of ether oxygens (including phenoxy) is 2. The molecule has 0 saturated carbocycles. The van der Waals surface area contributed by atoms with Gasteiger partial charge in [-0.3, -0.25) is 4.40 Å². The molecule has 0 amide bonds. The zero-order valence-corrected chi connectivity index (χ0v) is 14.3. The lowest BCUT2D eigenvalue weighted by Gasteiger charge is -2.06. The van der Waals surface area contributed by atoms with Crippen molar-refractivity contribution in [3.63, 3.8) is 0 Å². The summed E-state index contributed by atoms with van der Waals surface area (Å²) in [5, 5.41) is 0. The van der Waals surface area contributed by atoms with E-state index < -0.39 is 0 Å². The van der Waals surface area contributed by atoms with E-state index in [0.717, 1.165) is 27.7 Å². The van der Waals surface area contributed by atoms with Gasteiger partial charge >= 0.3 is 5.97 Å². The minimum absolute atomic E-state index is 0.138. The van der Waals surface area contributed by atoms with Crippen molar-refractivity contribution in [3.8, 4) is 17.0 Å². The molecular weight excluding hydrogens is 312 g/mol. The summed E-state index contributed by atoms with van der Waals surface area (Å²) in [5.41, 5.74) is 2.58. The summed E-state index contributed by atoms with van der Waals surface area (Å²) >= 11 is 1.34. The Morgan fingerprint density at radius 1 is 1.30 bits per heavy atom. The van der Waals surface area contributed by atoms with Gasteiger partial charge in [0.25, 0.3) is 0 Å². The second kappa shape index (κ2) is 6.04. The number of esters is 1. The first-order chi connectivity index (χ1) is 11.0. The molecule has 3 rings (SSSR count). The third-order valence-corrected chi connectivity index (χ3v) is 4.60. The van der Waals surface area contributed by atoms with Crippen molar-refractivity contribution in [3.05, 3.63) is 41.0 Å². The van der Waals surface area contributed by atoms with Crippen LogP contribution in [0.4, 0.5) is 0 Å². The highest BCUT2D eigenvalue weighted by Crippen LogP contribution is 2.32. The van der Waals surface area contributed by atoms with Crippen molar-refractivity contribution in [1.82, 2.24) is 9.38 Å². The maximum absolute atomic E-state index is 12.1. The number of fused-ring (bicyclic) bond motifs is 1. The minimum Gasteiger partial charge on any atom is -0.496 e. The van der Waals surface area contributed by atoms with Crippen LogP contribution in [0.3, 0.4) is 0 Å². The smallest absolute Gasteiger partial charge is 0.350 e. The number of benzene rings is 1. The Hall–Kier alpha value is -2.34. The molecule has 2 heterocycles. The SMILES string of the molecule is COc1ccccc1-c1cn2c(C)c(C(=O)OC(C)C)sc2n1. The third kappa shape index (κ3) is 2.82. The van der Waals surface area contributed by atoms with Crippen LogP contribution in [0.5, 0.6) is 5.75 Å². The van der Waals surface area contributed by atoms with Gasteiger partial charge in [-0.05, 0) is 32.9 Å². The van der Waals surface area contributed by atoms with Crippen LogP contribution in [-0.4, -0.2) is 28.6 Å². The number of nitrogens with zero attached hydrogens (tertiary/aromatic N) is 2. The largest absolute Gasteiger partial charge is 0.496 e. The Morgan fingerprint density at radius 3 is 2.70 bits per heavy atom. The van der Waals surface area contributed by atoms with Crippen molar-refractivity contribution in [2.75, 3.05) is 7.11 Å². The van der Waals surface area contributed by atoms with Crippen molar-refractivity contribution in [1.29, 1.82) is 0 Å². The third-order valence-electron chi connectivity index (χ3n) is 3.47. The molecule has 6 heteroatoms. The van der Waals surface area contributed by atoms with Crippen LogP contribution >= 0.6 is 11.3 Å². The fourth-order valence-electron chi connectivity index (χ4n) is 2.39. The van der Waals surface area contributed by atoms with Crippen LogP contribution in [0.15, 0.2) is 30.5 Å². The number of carbonyl (C=O) groups is 1. The number of rotatable bonds is 4. The maximum atomic E-state index is 12.1. The predicted molar refractivity (Wildman–Crippen MR) is 90.3 cm³/mol. The molecule has 0 fully saturated rings. The zero-order valence-electron chi connectivity index (χ0n) is 13.5. The number of aromatic nitrogens is 2. The Bertz CT molecular complexity index is 864. The van der Waals surface area contributed by atoms with Crippen LogP contribution in [-0.2, 0) is 4.74 Å². The van der Waals surface area contributed by atoms with Crippen molar-refractivity contribution in [2.45, 2.75) is 26.9 Å². The van der Waals surface area contributed by atoms with Gasteiger partial charge in [0, 0.05) is 17.5 Å². The highest BCUT2D eigenvalue weighted by molar-refractivity contribution is 7.19. The molecule has 1 aromatic carbocycles. The summed E-state index contributed by atoms with van der Waals surface area (Å²) in [6, 6.07) is 7.74. The number of thiazole rings is 1. The van der Waals surface area contributed by atoms with Gasteiger partial charge in [-0.2, -0.15) is 0 Å². The lowest BCUT2D eigenvalue weighted by molar-refractivity contribution is 0.0382. The van der Waals surface area contributed by atoms with Gasteiger partial charge in [0.15, 0.2) is 4.96 Å². The molecule has 0 aliphatic carbocycles. The van der Waals surface area contributed by atoms with E-state index in [1.807, 2.05) is 55.6 Å². The first-order valence-corrected chi connectivity index (χ1v) is 8.15. The van der Waals surface area contributed by atoms with E-state index in [-0.39, 0.29) is 12.1 Å². The number of aryl methyl sites for hydroxylation is 1. The number of hydrogen-bond donors (Lipinski definition) is 0. The van der Waals surface area contributed by atoms with E-state index in [9.17, 15) is 4.79 Å². The average molecular weight is 330 g/mol. The monoisotopic (exact) mass is 330 g/mol. The molecule has 0 aliphatic rings. The molecule has 0 bridgehead atoms. The van der Waals surface area contributed by atoms with Crippen LogP contribution in [0, 0.1) is 6.92 Å². The summed E-state index contributed by atoms with van der Waals surface area (Å²) in [6.07, 6.45) is 1.78. The van der Waals surface area contributed by atoms with E-state index in [0.29, 0.717) is 4.88 Å². The first kappa shape index (κ1) is 15.6. The van der Waals surface area contributed by atoms with Crippen molar-refractivity contribution < 1.29 is 14.3 Å². The molecule has 0 saturated heterocycles. The summed E-state index contributed by atoms with van der Waals surface area (Å²) in [7, 11) is 1.64. The molecular formula is C17H18N2O3S. The summed E-state index contributed by atoms with van der Waals surface area (Å²) < 4.78 is 12.6. The lowest BCUT2D eigenvalue weighted by atomic mass is 10.1. The Labute approximate surface area is 138 Å². The van der Waals surface area contributed by atoms with Gasteiger partial charge in [0.1, 0.15) is 10.6 Å². The van der Waals surface area contributed by atoms with E-state index in [1.165, 1.54) is 11.3 Å². The fourth-order valence-corrected chi connectivity index (χ4v) is 3.39. The Balaban J connectivity index is 2.03. The van der Waals surface area contributed by atoms with E-state index in [4.69, 9.17) is 9.47 Å². The van der Waals surface area contributed by atoms with Crippen molar-refractivity contribution >= 4 is 22.3 Å². The minimum atomic E-state index is -0.299. The zero-order chi connectivity index (χ0) is 16.6. The van der Waals surface area contributed by atoms with Gasteiger partial charge in [-0.15, -0.1) is 0 Å². The molecule has 0 unspecified atom stereocenters. The molecule has 0 atom stereocenters. The molecule has 0 spiro atoms. The van der Waals surface area contributed by atoms with E-state index >= 15 is 0 Å². The molecule has 3 aromatic rings. The second-order valence-corrected chi connectivity index (χ2v) is 6.43. The molecule has 0 N–H and O–H groups in total.